The summed E-state index contributed by atoms with van der Waals surface area (Å²) in [5.41, 5.74) is 0. The smallest absolute Gasteiger partial charge is 0.246 e. The Balaban J connectivity index is 1.77. The molecule has 5 nitrogen and oxygen atoms in total. The zero-order valence-corrected chi connectivity index (χ0v) is 11.3. The molecule has 1 N–H and O–H groups in total. The van der Waals surface area contributed by atoms with Gasteiger partial charge in [-0.3, -0.25) is 9.59 Å². The van der Waals surface area contributed by atoms with Crippen molar-refractivity contribution in [2.75, 3.05) is 18.8 Å². The van der Waals surface area contributed by atoms with Crippen LogP contribution in [-0.2, 0) is 9.59 Å². The van der Waals surface area contributed by atoms with E-state index in [4.69, 9.17) is 0 Å². The molecule has 0 bridgehead atoms. The number of fused-ring (bicyclic) bond motifs is 1. The van der Waals surface area contributed by atoms with Crippen molar-refractivity contribution in [1.82, 2.24) is 9.80 Å². The van der Waals surface area contributed by atoms with Crippen LogP contribution in [-0.4, -0.2) is 62.6 Å². The van der Waals surface area contributed by atoms with E-state index in [-0.39, 0.29) is 22.7 Å². The Kier molecular flexibility index (Phi) is 2.82. The molecule has 3 aliphatic heterocycles. The van der Waals surface area contributed by atoms with Crippen molar-refractivity contribution >= 4 is 23.6 Å². The average molecular weight is 270 g/mol. The molecule has 3 heterocycles. The molecule has 3 atom stereocenters. The number of hydrogen-bond acceptors (Lipinski definition) is 4. The SMILES string of the molecule is CC12CCC(=O)N1C(C(=O)N1CC[C@@H](O)C1)CS2. The van der Waals surface area contributed by atoms with E-state index in [0.717, 1.165) is 6.42 Å². The highest BCUT2D eigenvalue weighted by atomic mass is 32.2. The average Bonchev–Trinajstić information content (AvgIpc) is 2.96. The van der Waals surface area contributed by atoms with Crippen LogP contribution in [0.4, 0.5) is 0 Å². The van der Waals surface area contributed by atoms with Crippen molar-refractivity contribution in [2.45, 2.75) is 43.2 Å². The minimum absolute atomic E-state index is 0.0121. The Labute approximate surface area is 110 Å². The summed E-state index contributed by atoms with van der Waals surface area (Å²) in [6.07, 6.45) is 1.64. The van der Waals surface area contributed by atoms with Gasteiger partial charge < -0.3 is 14.9 Å². The standard InChI is InChI=1S/C12H18N2O3S/c1-12-4-2-10(16)14(12)9(7-18-12)11(17)13-5-3-8(15)6-13/h8-9,15H,2-7H2,1H3/t8-,9?,12?/m1/s1. The van der Waals surface area contributed by atoms with Gasteiger partial charge >= 0.3 is 0 Å². The van der Waals surface area contributed by atoms with E-state index in [1.807, 2.05) is 0 Å². The van der Waals surface area contributed by atoms with Crippen LogP contribution >= 0.6 is 11.8 Å². The lowest BCUT2D eigenvalue weighted by atomic mass is 10.2. The van der Waals surface area contributed by atoms with Gasteiger partial charge in [0.05, 0.1) is 11.0 Å². The predicted molar refractivity (Wildman–Crippen MR) is 67.9 cm³/mol. The van der Waals surface area contributed by atoms with Gasteiger partial charge in [0, 0.05) is 25.3 Å². The van der Waals surface area contributed by atoms with Gasteiger partial charge in [-0.1, -0.05) is 0 Å². The summed E-state index contributed by atoms with van der Waals surface area (Å²) in [7, 11) is 0. The van der Waals surface area contributed by atoms with Crippen molar-refractivity contribution in [3.63, 3.8) is 0 Å². The third kappa shape index (κ3) is 1.73. The number of thioether (sulfide) groups is 1. The number of carbonyl (C=O) groups is 2. The van der Waals surface area contributed by atoms with Gasteiger partial charge in [-0.25, -0.2) is 0 Å². The fourth-order valence-corrected chi connectivity index (χ4v) is 4.58. The Morgan fingerprint density at radius 1 is 1.56 bits per heavy atom. The lowest BCUT2D eigenvalue weighted by Crippen LogP contribution is -2.51. The van der Waals surface area contributed by atoms with Crippen molar-refractivity contribution < 1.29 is 14.7 Å². The van der Waals surface area contributed by atoms with E-state index in [0.29, 0.717) is 31.7 Å². The summed E-state index contributed by atoms with van der Waals surface area (Å²) in [5, 5.41) is 9.50. The van der Waals surface area contributed by atoms with Crippen LogP contribution < -0.4 is 0 Å². The zero-order chi connectivity index (χ0) is 12.9. The van der Waals surface area contributed by atoms with Gasteiger partial charge in [-0.2, -0.15) is 0 Å². The van der Waals surface area contributed by atoms with Gasteiger partial charge in [-0.15, -0.1) is 11.8 Å². The Bertz CT molecular complexity index is 403. The normalized spacial score (nSPS) is 39.6. The summed E-state index contributed by atoms with van der Waals surface area (Å²) in [6.45, 7) is 3.08. The molecule has 3 rings (SSSR count). The molecule has 3 saturated heterocycles. The van der Waals surface area contributed by atoms with Crippen LogP contribution in [0, 0.1) is 0 Å². The maximum Gasteiger partial charge on any atom is 0.246 e. The fourth-order valence-electron chi connectivity index (χ4n) is 3.16. The Morgan fingerprint density at radius 2 is 2.33 bits per heavy atom. The number of aliphatic hydroxyl groups excluding tert-OH is 1. The highest BCUT2D eigenvalue weighted by molar-refractivity contribution is 8.01. The lowest BCUT2D eigenvalue weighted by Gasteiger charge is -2.31. The van der Waals surface area contributed by atoms with Crippen LogP contribution in [0.3, 0.4) is 0 Å². The van der Waals surface area contributed by atoms with Gasteiger partial charge in [0.15, 0.2) is 0 Å². The molecule has 0 aromatic rings. The minimum atomic E-state index is -0.399. The quantitative estimate of drug-likeness (QED) is 0.730. The zero-order valence-electron chi connectivity index (χ0n) is 10.5. The molecule has 0 aliphatic carbocycles. The Morgan fingerprint density at radius 3 is 3.00 bits per heavy atom. The highest BCUT2D eigenvalue weighted by Crippen LogP contribution is 2.47. The van der Waals surface area contributed by atoms with E-state index in [1.165, 1.54) is 0 Å². The molecule has 2 amide bonds. The fraction of sp³-hybridized carbons (Fsp3) is 0.833. The molecular weight excluding hydrogens is 252 g/mol. The van der Waals surface area contributed by atoms with Gasteiger partial charge in [0.1, 0.15) is 6.04 Å². The second kappa shape index (κ2) is 4.13. The molecular formula is C12H18N2O3S. The molecule has 0 aromatic carbocycles. The maximum absolute atomic E-state index is 12.4. The topological polar surface area (TPSA) is 60.9 Å². The molecule has 0 saturated carbocycles. The minimum Gasteiger partial charge on any atom is -0.391 e. The predicted octanol–water partition coefficient (Wildman–Crippen LogP) is 0.0336. The molecule has 100 valence electrons. The van der Waals surface area contributed by atoms with Crippen LogP contribution in [0.15, 0.2) is 0 Å². The molecule has 0 aromatic heterocycles. The van der Waals surface area contributed by atoms with E-state index in [9.17, 15) is 14.7 Å². The number of likely N-dealkylation sites (tertiary alicyclic amines) is 1. The van der Waals surface area contributed by atoms with Crippen molar-refractivity contribution in [2.24, 2.45) is 0 Å². The number of rotatable bonds is 1. The summed E-state index contributed by atoms with van der Waals surface area (Å²) in [4.78, 5) is 27.7. The number of aliphatic hydroxyl groups is 1. The molecule has 0 spiro atoms. The summed E-state index contributed by atoms with van der Waals surface area (Å²) < 4.78 is 0. The Hall–Kier alpha value is -0.750. The second-order valence-electron chi connectivity index (χ2n) is 5.49. The first-order chi connectivity index (χ1) is 8.51. The number of hydrogen-bond donors (Lipinski definition) is 1. The van der Waals surface area contributed by atoms with Crippen LogP contribution in [0.1, 0.15) is 26.2 Å². The lowest BCUT2D eigenvalue weighted by molar-refractivity contribution is -0.143. The van der Waals surface area contributed by atoms with Crippen LogP contribution in [0.25, 0.3) is 0 Å². The van der Waals surface area contributed by atoms with Gasteiger partial charge in [0.25, 0.3) is 0 Å². The second-order valence-corrected chi connectivity index (χ2v) is 6.99. The van der Waals surface area contributed by atoms with Gasteiger partial charge in [-0.05, 0) is 19.8 Å². The third-order valence-corrected chi connectivity index (χ3v) is 5.71. The summed E-state index contributed by atoms with van der Waals surface area (Å²) >= 11 is 1.71. The maximum atomic E-state index is 12.4. The van der Waals surface area contributed by atoms with Crippen molar-refractivity contribution in [3.8, 4) is 0 Å². The van der Waals surface area contributed by atoms with E-state index in [1.54, 1.807) is 21.6 Å². The van der Waals surface area contributed by atoms with Crippen LogP contribution in [0.5, 0.6) is 0 Å². The molecule has 3 aliphatic rings. The third-order valence-electron chi connectivity index (χ3n) is 4.20. The number of β-amino-alcohol motifs (C(OH)–C–C–N with tert-alkyl or cyclic N) is 1. The molecule has 2 unspecified atom stereocenters. The number of carbonyl (C=O) groups excluding carboxylic acids is 2. The first-order valence-corrected chi connectivity index (χ1v) is 7.43. The van der Waals surface area contributed by atoms with E-state index >= 15 is 0 Å². The van der Waals surface area contributed by atoms with Crippen molar-refractivity contribution in [1.29, 1.82) is 0 Å². The number of nitrogens with zero attached hydrogens (tertiary/aromatic N) is 2. The highest BCUT2D eigenvalue weighted by Gasteiger charge is 2.53. The molecule has 3 fully saturated rings. The largest absolute Gasteiger partial charge is 0.391 e. The molecule has 0 radical (unpaired) electrons. The molecule has 18 heavy (non-hydrogen) atoms. The first kappa shape index (κ1) is 12.3. The first-order valence-electron chi connectivity index (χ1n) is 6.44. The summed E-state index contributed by atoms with van der Waals surface area (Å²) in [5.74, 6) is 0.798. The number of amides is 2. The van der Waals surface area contributed by atoms with E-state index in [2.05, 4.69) is 6.92 Å². The molecule has 6 heteroatoms. The van der Waals surface area contributed by atoms with E-state index < -0.39 is 6.10 Å². The monoisotopic (exact) mass is 270 g/mol. The summed E-state index contributed by atoms with van der Waals surface area (Å²) in [6, 6.07) is -0.319. The van der Waals surface area contributed by atoms with Gasteiger partial charge in [0.2, 0.25) is 11.8 Å². The van der Waals surface area contributed by atoms with Crippen LogP contribution in [0.2, 0.25) is 0 Å². The van der Waals surface area contributed by atoms with Crippen molar-refractivity contribution in [3.05, 3.63) is 0 Å².